The third-order valence-electron chi connectivity index (χ3n) is 4.30. The molecule has 2 aromatic rings. The SMILES string of the molecule is c1cncc(O[C@@H]2CO[C@@]3(CCN(c4cnccn4)C3)C2)c1. The van der Waals surface area contributed by atoms with Gasteiger partial charge in [-0.25, -0.2) is 4.98 Å². The summed E-state index contributed by atoms with van der Waals surface area (Å²) in [5.41, 5.74) is -0.121. The molecule has 0 saturated carbocycles. The van der Waals surface area contributed by atoms with Gasteiger partial charge in [-0.2, -0.15) is 0 Å². The molecular weight excluding hydrogens is 280 g/mol. The first-order valence-electron chi connectivity index (χ1n) is 7.55. The fourth-order valence-electron chi connectivity index (χ4n) is 3.27. The van der Waals surface area contributed by atoms with Gasteiger partial charge in [0, 0.05) is 38.1 Å². The summed E-state index contributed by atoms with van der Waals surface area (Å²) in [4.78, 5) is 14.8. The highest BCUT2D eigenvalue weighted by Gasteiger charge is 2.46. The molecule has 114 valence electrons. The Morgan fingerprint density at radius 2 is 2.18 bits per heavy atom. The van der Waals surface area contributed by atoms with E-state index in [1.807, 2.05) is 12.1 Å². The second-order valence-corrected chi connectivity index (χ2v) is 5.86. The smallest absolute Gasteiger partial charge is 0.147 e. The Bertz CT molecular complexity index is 625. The minimum atomic E-state index is -0.121. The number of nitrogens with zero attached hydrogens (tertiary/aromatic N) is 4. The van der Waals surface area contributed by atoms with Gasteiger partial charge in [0.25, 0.3) is 0 Å². The average molecular weight is 298 g/mol. The quantitative estimate of drug-likeness (QED) is 0.859. The Kier molecular flexibility index (Phi) is 3.38. The molecule has 0 amide bonds. The number of ether oxygens (including phenoxy) is 2. The second kappa shape index (κ2) is 5.53. The summed E-state index contributed by atoms with van der Waals surface area (Å²) < 4.78 is 12.1. The van der Waals surface area contributed by atoms with Crippen molar-refractivity contribution in [3.05, 3.63) is 43.1 Å². The number of aromatic nitrogens is 3. The lowest BCUT2D eigenvalue weighted by Crippen LogP contribution is -2.33. The van der Waals surface area contributed by atoms with Crippen molar-refractivity contribution in [3.8, 4) is 5.75 Å². The van der Waals surface area contributed by atoms with Gasteiger partial charge in [-0.3, -0.25) is 9.97 Å². The van der Waals surface area contributed by atoms with Crippen LogP contribution in [0.2, 0.25) is 0 Å². The Hall–Kier alpha value is -2.21. The summed E-state index contributed by atoms with van der Waals surface area (Å²) in [5, 5.41) is 0. The van der Waals surface area contributed by atoms with Gasteiger partial charge < -0.3 is 14.4 Å². The van der Waals surface area contributed by atoms with Gasteiger partial charge in [-0.1, -0.05) is 0 Å². The summed E-state index contributed by atoms with van der Waals surface area (Å²) >= 11 is 0. The van der Waals surface area contributed by atoms with Gasteiger partial charge in [-0.15, -0.1) is 0 Å². The van der Waals surface area contributed by atoms with E-state index in [9.17, 15) is 0 Å². The molecule has 0 unspecified atom stereocenters. The van der Waals surface area contributed by atoms with Crippen LogP contribution in [0.5, 0.6) is 5.75 Å². The molecule has 2 atom stereocenters. The van der Waals surface area contributed by atoms with E-state index in [-0.39, 0.29) is 11.7 Å². The highest BCUT2D eigenvalue weighted by Crippen LogP contribution is 2.37. The Balaban J connectivity index is 1.40. The molecule has 2 saturated heterocycles. The average Bonchev–Trinajstić information content (AvgIpc) is 3.17. The highest BCUT2D eigenvalue weighted by atomic mass is 16.6. The third-order valence-corrected chi connectivity index (χ3v) is 4.30. The van der Waals surface area contributed by atoms with Crippen molar-refractivity contribution in [2.75, 3.05) is 24.6 Å². The molecule has 4 rings (SSSR count). The molecule has 2 aromatic heterocycles. The number of pyridine rings is 1. The molecule has 2 aliphatic rings. The van der Waals surface area contributed by atoms with E-state index >= 15 is 0 Å². The van der Waals surface area contributed by atoms with Crippen LogP contribution in [0.15, 0.2) is 43.1 Å². The van der Waals surface area contributed by atoms with Crippen LogP contribution in [0, 0.1) is 0 Å². The molecule has 22 heavy (non-hydrogen) atoms. The normalized spacial score (nSPS) is 27.5. The maximum absolute atomic E-state index is 6.10. The molecule has 0 bridgehead atoms. The van der Waals surface area contributed by atoms with Crippen molar-refractivity contribution in [2.45, 2.75) is 24.5 Å². The second-order valence-electron chi connectivity index (χ2n) is 5.86. The van der Waals surface area contributed by atoms with Crippen molar-refractivity contribution in [1.29, 1.82) is 0 Å². The van der Waals surface area contributed by atoms with Crippen molar-refractivity contribution in [1.82, 2.24) is 15.0 Å². The number of anilines is 1. The summed E-state index contributed by atoms with van der Waals surface area (Å²) in [7, 11) is 0. The Morgan fingerprint density at radius 1 is 1.23 bits per heavy atom. The predicted molar refractivity (Wildman–Crippen MR) is 80.8 cm³/mol. The summed E-state index contributed by atoms with van der Waals surface area (Å²) in [6.07, 6.45) is 10.7. The van der Waals surface area contributed by atoms with Crippen LogP contribution in [-0.4, -0.2) is 46.4 Å². The maximum Gasteiger partial charge on any atom is 0.147 e. The van der Waals surface area contributed by atoms with Gasteiger partial charge in [-0.05, 0) is 18.6 Å². The van der Waals surface area contributed by atoms with Crippen LogP contribution < -0.4 is 9.64 Å². The molecule has 0 aromatic carbocycles. The molecule has 2 fully saturated rings. The van der Waals surface area contributed by atoms with E-state index in [4.69, 9.17) is 9.47 Å². The molecule has 4 heterocycles. The van der Waals surface area contributed by atoms with E-state index in [1.165, 1.54) is 0 Å². The van der Waals surface area contributed by atoms with Gasteiger partial charge in [0.2, 0.25) is 0 Å². The van der Waals surface area contributed by atoms with Gasteiger partial charge in [0.1, 0.15) is 17.7 Å². The molecule has 6 nitrogen and oxygen atoms in total. The summed E-state index contributed by atoms with van der Waals surface area (Å²) in [6, 6.07) is 3.81. The fraction of sp³-hybridized carbons (Fsp3) is 0.438. The lowest BCUT2D eigenvalue weighted by Gasteiger charge is -2.23. The number of rotatable bonds is 3. The first kappa shape index (κ1) is 13.5. The van der Waals surface area contributed by atoms with Crippen LogP contribution in [0.1, 0.15) is 12.8 Å². The zero-order valence-corrected chi connectivity index (χ0v) is 12.3. The topological polar surface area (TPSA) is 60.4 Å². The van der Waals surface area contributed by atoms with Crippen LogP contribution in [-0.2, 0) is 4.74 Å². The largest absolute Gasteiger partial charge is 0.486 e. The van der Waals surface area contributed by atoms with Crippen LogP contribution in [0.3, 0.4) is 0 Å². The van der Waals surface area contributed by atoms with Gasteiger partial charge in [0.15, 0.2) is 0 Å². The van der Waals surface area contributed by atoms with Crippen LogP contribution in [0.4, 0.5) is 5.82 Å². The van der Waals surface area contributed by atoms with E-state index < -0.39 is 0 Å². The standard InChI is InChI=1S/C16H18N4O2/c1-2-13(9-17-4-1)22-14-8-16(21-11-14)3-7-20(12-16)15-10-18-5-6-19-15/h1-2,4-6,9-10,14H,3,7-8,11-12H2/t14-,16-/m0/s1. The molecular formula is C16H18N4O2. The van der Waals surface area contributed by atoms with Crippen molar-refractivity contribution >= 4 is 5.82 Å². The Labute approximate surface area is 129 Å². The molecule has 2 aliphatic heterocycles. The zero-order valence-electron chi connectivity index (χ0n) is 12.3. The minimum Gasteiger partial charge on any atom is -0.486 e. The first-order valence-corrected chi connectivity index (χ1v) is 7.55. The van der Waals surface area contributed by atoms with Crippen LogP contribution >= 0.6 is 0 Å². The Morgan fingerprint density at radius 3 is 3.00 bits per heavy atom. The predicted octanol–water partition coefficient (Wildman–Crippen LogP) is 1.69. The molecule has 0 radical (unpaired) electrons. The third kappa shape index (κ3) is 2.62. The van der Waals surface area contributed by atoms with Gasteiger partial charge in [0.05, 0.1) is 24.6 Å². The molecule has 1 spiro atoms. The van der Waals surface area contributed by atoms with E-state index in [0.717, 1.165) is 37.5 Å². The van der Waals surface area contributed by atoms with E-state index in [1.54, 1.807) is 31.0 Å². The van der Waals surface area contributed by atoms with Gasteiger partial charge >= 0.3 is 0 Å². The molecule has 0 N–H and O–H groups in total. The van der Waals surface area contributed by atoms with Crippen molar-refractivity contribution in [2.24, 2.45) is 0 Å². The lowest BCUT2D eigenvalue weighted by atomic mass is 9.98. The summed E-state index contributed by atoms with van der Waals surface area (Å²) in [6.45, 7) is 2.42. The van der Waals surface area contributed by atoms with Crippen molar-refractivity contribution in [3.63, 3.8) is 0 Å². The first-order chi connectivity index (χ1) is 10.8. The number of hydrogen-bond donors (Lipinski definition) is 0. The highest BCUT2D eigenvalue weighted by molar-refractivity contribution is 5.38. The van der Waals surface area contributed by atoms with Crippen LogP contribution in [0.25, 0.3) is 0 Å². The molecule has 0 aliphatic carbocycles. The monoisotopic (exact) mass is 298 g/mol. The lowest BCUT2D eigenvalue weighted by molar-refractivity contribution is 0.0195. The maximum atomic E-state index is 6.10. The minimum absolute atomic E-state index is 0.0889. The van der Waals surface area contributed by atoms with E-state index in [0.29, 0.717) is 6.61 Å². The zero-order chi connectivity index (χ0) is 14.8. The van der Waals surface area contributed by atoms with E-state index in [2.05, 4.69) is 19.9 Å². The fourth-order valence-corrected chi connectivity index (χ4v) is 3.27. The number of hydrogen-bond acceptors (Lipinski definition) is 6. The summed E-state index contributed by atoms with van der Waals surface area (Å²) in [5.74, 6) is 1.72. The molecule has 6 heteroatoms. The van der Waals surface area contributed by atoms with Crippen molar-refractivity contribution < 1.29 is 9.47 Å².